The number of nitrogens with one attached hydrogen (secondary N) is 1. The largest absolute Gasteiger partial charge is 0.444 e. The number of amides is 1. The maximum absolute atomic E-state index is 14.7. The highest BCUT2D eigenvalue weighted by atomic mass is 19.1. The summed E-state index contributed by atoms with van der Waals surface area (Å²) < 4.78 is 25.3. The first kappa shape index (κ1) is 19.7. The summed E-state index contributed by atoms with van der Waals surface area (Å²) in [7, 11) is 1.53. The molecule has 3 rings (SSSR count). The number of aryl methyl sites for hydroxylation is 1. The number of halogens is 1. The highest BCUT2D eigenvalue weighted by Gasteiger charge is 2.47. The summed E-state index contributed by atoms with van der Waals surface area (Å²) in [4.78, 5) is 23.8. The average molecular weight is 393 g/mol. The van der Waals surface area contributed by atoms with E-state index >= 15 is 0 Å². The molecule has 0 saturated carbocycles. The van der Waals surface area contributed by atoms with E-state index in [1.807, 2.05) is 0 Å². The van der Waals surface area contributed by atoms with Crippen LogP contribution in [-0.2, 0) is 22.1 Å². The monoisotopic (exact) mass is 393 g/mol. The van der Waals surface area contributed by atoms with Crippen molar-refractivity contribution in [3.05, 3.63) is 39.8 Å². The maximum atomic E-state index is 14.7. The van der Waals surface area contributed by atoms with E-state index in [2.05, 4.69) is 15.5 Å². The molecular formula is C17H20FN5O5. The number of nitrogens with zero attached hydrogens (tertiary/aromatic N) is 4. The first-order valence-electron chi connectivity index (χ1n) is 8.46. The van der Waals surface area contributed by atoms with E-state index in [4.69, 9.17) is 9.47 Å². The third-order valence-electron chi connectivity index (χ3n) is 4.03. The number of benzene rings is 1. The van der Waals surface area contributed by atoms with Crippen molar-refractivity contribution in [2.75, 3.05) is 13.2 Å². The summed E-state index contributed by atoms with van der Waals surface area (Å²) in [5.41, 5.74) is -2.23. The normalized spacial score (nSPS) is 15.6. The molecule has 11 heteroatoms. The standard InChI is InChI=1S/C17H20FN5O5/c1-16(2,3)28-15(24)19-17(8-27-9-17)14-13(20-22(4)21-14)10-6-5-7-11(12(10)18)23(25)26/h5-7H,8-9H2,1-4H3,(H,19,24). The highest BCUT2D eigenvalue weighted by Crippen LogP contribution is 2.37. The van der Waals surface area contributed by atoms with Gasteiger partial charge in [-0.1, -0.05) is 6.07 Å². The Kier molecular flexibility index (Phi) is 4.79. The van der Waals surface area contributed by atoms with Gasteiger partial charge < -0.3 is 14.8 Å². The molecule has 150 valence electrons. The van der Waals surface area contributed by atoms with Crippen LogP contribution in [0.1, 0.15) is 26.5 Å². The van der Waals surface area contributed by atoms with Gasteiger partial charge in [0.05, 0.1) is 18.1 Å². The number of carbonyl (C=O) groups is 1. The summed E-state index contributed by atoms with van der Waals surface area (Å²) in [5, 5.41) is 22.2. The molecule has 1 amide bonds. The molecule has 2 aromatic rings. The van der Waals surface area contributed by atoms with E-state index in [1.165, 1.54) is 24.0 Å². The number of nitro groups is 1. The third kappa shape index (κ3) is 3.65. The zero-order valence-corrected chi connectivity index (χ0v) is 15.9. The fraction of sp³-hybridized carbons (Fsp3) is 0.471. The number of carbonyl (C=O) groups excluding carboxylic acids is 1. The Morgan fingerprint density at radius 3 is 2.61 bits per heavy atom. The Morgan fingerprint density at radius 1 is 1.39 bits per heavy atom. The third-order valence-corrected chi connectivity index (χ3v) is 4.03. The van der Waals surface area contributed by atoms with Crippen molar-refractivity contribution in [1.29, 1.82) is 0 Å². The average Bonchev–Trinajstić information content (AvgIpc) is 2.91. The van der Waals surface area contributed by atoms with Gasteiger partial charge in [0.2, 0.25) is 5.82 Å². The lowest BCUT2D eigenvalue weighted by Crippen LogP contribution is -2.60. The molecule has 1 fully saturated rings. The lowest BCUT2D eigenvalue weighted by molar-refractivity contribution is -0.387. The smallest absolute Gasteiger partial charge is 0.408 e. The SMILES string of the molecule is Cn1nc(-c2cccc([N+](=O)[O-])c2F)c(C2(NC(=O)OC(C)(C)C)COC2)n1. The lowest BCUT2D eigenvalue weighted by atomic mass is 9.89. The second kappa shape index (κ2) is 6.82. The van der Waals surface area contributed by atoms with Gasteiger partial charge in [-0.3, -0.25) is 10.1 Å². The molecule has 0 bridgehead atoms. The Hall–Kier alpha value is -3.08. The molecule has 1 aliphatic rings. The lowest BCUT2D eigenvalue weighted by Gasteiger charge is -2.41. The number of aromatic nitrogens is 3. The highest BCUT2D eigenvalue weighted by molar-refractivity contribution is 5.72. The zero-order valence-electron chi connectivity index (χ0n) is 15.9. The van der Waals surface area contributed by atoms with Crippen LogP contribution >= 0.6 is 0 Å². The van der Waals surface area contributed by atoms with E-state index in [1.54, 1.807) is 20.8 Å². The van der Waals surface area contributed by atoms with Gasteiger partial charge in [0, 0.05) is 18.7 Å². The molecule has 0 atom stereocenters. The van der Waals surface area contributed by atoms with E-state index in [0.717, 1.165) is 6.07 Å². The molecule has 0 unspecified atom stereocenters. The number of rotatable bonds is 4. The van der Waals surface area contributed by atoms with Crippen LogP contribution in [0.4, 0.5) is 14.9 Å². The summed E-state index contributed by atoms with van der Waals surface area (Å²) in [6.07, 6.45) is -0.688. The molecule has 1 aliphatic heterocycles. The van der Waals surface area contributed by atoms with E-state index in [-0.39, 0.29) is 30.2 Å². The summed E-state index contributed by atoms with van der Waals surface area (Å²) in [6, 6.07) is 3.80. The van der Waals surface area contributed by atoms with Crippen LogP contribution < -0.4 is 5.32 Å². The van der Waals surface area contributed by atoms with Crippen molar-refractivity contribution in [2.24, 2.45) is 7.05 Å². The van der Waals surface area contributed by atoms with Gasteiger partial charge >= 0.3 is 11.8 Å². The Balaban J connectivity index is 2.04. The quantitative estimate of drug-likeness (QED) is 0.625. The van der Waals surface area contributed by atoms with Gasteiger partial charge in [0.15, 0.2) is 0 Å². The molecule has 0 aliphatic carbocycles. The molecule has 1 saturated heterocycles. The number of alkyl carbamates (subject to hydrolysis) is 1. The van der Waals surface area contributed by atoms with Crippen LogP contribution in [0.5, 0.6) is 0 Å². The first-order chi connectivity index (χ1) is 13.0. The van der Waals surface area contributed by atoms with E-state index in [0.29, 0.717) is 0 Å². The number of hydrogen-bond acceptors (Lipinski definition) is 7. The number of hydrogen-bond donors (Lipinski definition) is 1. The predicted octanol–water partition coefficient (Wildman–Crippen LogP) is 2.28. The van der Waals surface area contributed by atoms with Crippen LogP contribution in [0.25, 0.3) is 11.3 Å². The van der Waals surface area contributed by atoms with Gasteiger partial charge in [-0.05, 0) is 26.8 Å². The van der Waals surface area contributed by atoms with Gasteiger partial charge in [-0.15, -0.1) is 0 Å². The summed E-state index contributed by atoms with van der Waals surface area (Å²) >= 11 is 0. The molecule has 1 N–H and O–H groups in total. The second-order valence-corrected chi connectivity index (χ2v) is 7.48. The number of ether oxygens (including phenoxy) is 2. The van der Waals surface area contributed by atoms with E-state index in [9.17, 15) is 19.3 Å². The zero-order chi connectivity index (χ0) is 20.7. The minimum Gasteiger partial charge on any atom is -0.444 e. The van der Waals surface area contributed by atoms with E-state index < -0.39 is 33.7 Å². The molecule has 0 radical (unpaired) electrons. The Morgan fingerprint density at radius 2 is 2.07 bits per heavy atom. The van der Waals surface area contributed by atoms with Crippen molar-refractivity contribution in [1.82, 2.24) is 20.3 Å². The Bertz CT molecular complexity index is 933. The molecule has 28 heavy (non-hydrogen) atoms. The minimum absolute atomic E-state index is 0.0779. The van der Waals surface area contributed by atoms with Crippen molar-refractivity contribution in [2.45, 2.75) is 31.9 Å². The van der Waals surface area contributed by atoms with Gasteiger partial charge in [-0.2, -0.15) is 19.4 Å². The van der Waals surface area contributed by atoms with Crippen molar-refractivity contribution >= 4 is 11.8 Å². The van der Waals surface area contributed by atoms with Gasteiger partial charge in [-0.25, -0.2) is 4.79 Å². The second-order valence-electron chi connectivity index (χ2n) is 7.48. The van der Waals surface area contributed by atoms with Gasteiger partial charge in [0.25, 0.3) is 0 Å². The summed E-state index contributed by atoms with van der Waals surface area (Å²) in [5.74, 6) is -1.03. The topological polar surface area (TPSA) is 121 Å². The van der Waals surface area contributed by atoms with Gasteiger partial charge in [0.1, 0.15) is 22.5 Å². The van der Waals surface area contributed by atoms with Crippen LogP contribution in [0.3, 0.4) is 0 Å². The van der Waals surface area contributed by atoms with Crippen LogP contribution in [0.2, 0.25) is 0 Å². The van der Waals surface area contributed by atoms with Crippen molar-refractivity contribution in [3.8, 4) is 11.3 Å². The summed E-state index contributed by atoms with van der Waals surface area (Å²) in [6.45, 7) is 5.33. The first-order valence-corrected chi connectivity index (χ1v) is 8.46. The van der Waals surface area contributed by atoms with Crippen LogP contribution in [0.15, 0.2) is 18.2 Å². The maximum Gasteiger partial charge on any atom is 0.408 e. The fourth-order valence-corrected chi connectivity index (χ4v) is 2.83. The van der Waals surface area contributed by atoms with Crippen molar-refractivity contribution in [3.63, 3.8) is 0 Å². The molecule has 0 spiro atoms. The predicted molar refractivity (Wildman–Crippen MR) is 94.9 cm³/mol. The number of nitro benzene ring substituents is 1. The van der Waals surface area contributed by atoms with Crippen LogP contribution in [0, 0.1) is 15.9 Å². The fourth-order valence-electron chi connectivity index (χ4n) is 2.83. The van der Waals surface area contributed by atoms with Crippen LogP contribution in [-0.4, -0.2) is 44.8 Å². The Labute approximate surface area is 159 Å². The van der Waals surface area contributed by atoms with Crippen molar-refractivity contribution < 1.29 is 23.6 Å². The minimum atomic E-state index is -1.08. The molecule has 1 aromatic heterocycles. The molecule has 2 heterocycles. The molecule has 10 nitrogen and oxygen atoms in total. The molecule has 1 aromatic carbocycles. The molecular weight excluding hydrogens is 373 g/mol.